The second kappa shape index (κ2) is 4.38. The Kier molecular flexibility index (Phi) is 2.68. The number of aryl methyl sites for hydroxylation is 1. The fraction of sp³-hybridized carbons (Fsp3) is 0.0667. The Morgan fingerprint density at radius 3 is 2.55 bits per heavy atom. The van der Waals surface area contributed by atoms with Gasteiger partial charge in [0.05, 0.1) is 22.5 Å². The molecular formula is C15H13N3O2. The van der Waals surface area contributed by atoms with Crippen LogP contribution in [0.4, 0.5) is 17.1 Å². The summed E-state index contributed by atoms with van der Waals surface area (Å²) in [5.41, 5.74) is 9.87. The van der Waals surface area contributed by atoms with Crippen LogP contribution in [0, 0.1) is 6.92 Å². The highest BCUT2D eigenvalue weighted by Crippen LogP contribution is 2.27. The molecule has 0 radical (unpaired) electrons. The maximum absolute atomic E-state index is 11.6. The summed E-state index contributed by atoms with van der Waals surface area (Å²) in [5, 5.41) is 5.43. The first kappa shape index (κ1) is 12.2. The van der Waals surface area contributed by atoms with Gasteiger partial charge >= 0.3 is 0 Å². The second-order valence-corrected chi connectivity index (χ2v) is 4.76. The van der Waals surface area contributed by atoms with E-state index < -0.39 is 0 Å². The summed E-state index contributed by atoms with van der Waals surface area (Å²) >= 11 is 0. The molecule has 100 valence electrons. The molecule has 0 aromatic heterocycles. The van der Waals surface area contributed by atoms with E-state index in [4.69, 9.17) is 5.73 Å². The fourth-order valence-electron chi connectivity index (χ4n) is 2.18. The average molecular weight is 267 g/mol. The molecule has 5 heteroatoms. The molecule has 0 bridgehead atoms. The first-order valence-corrected chi connectivity index (χ1v) is 6.17. The number of nitrogens with one attached hydrogen (secondary N) is 2. The van der Waals surface area contributed by atoms with E-state index in [1.807, 2.05) is 25.1 Å². The molecule has 2 aromatic rings. The van der Waals surface area contributed by atoms with Crippen molar-refractivity contribution in [2.45, 2.75) is 6.92 Å². The third-order valence-corrected chi connectivity index (χ3v) is 3.22. The van der Waals surface area contributed by atoms with Crippen LogP contribution < -0.4 is 16.4 Å². The molecule has 3 rings (SSSR count). The molecule has 0 saturated heterocycles. The van der Waals surface area contributed by atoms with Gasteiger partial charge in [0.15, 0.2) is 0 Å². The highest BCUT2D eigenvalue weighted by atomic mass is 16.2. The molecular weight excluding hydrogens is 254 g/mol. The number of benzene rings is 2. The summed E-state index contributed by atoms with van der Waals surface area (Å²) in [5.74, 6) is -0.725. The van der Waals surface area contributed by atoms with Gasteiger partial charge in [0.25, 0.3) is 11.8 Å². The van der Waals surface area contributed by atoms with Crippen molar-refractivity contribution in [1.29, 1.82) is 0 Å². The Morgan fingerprint density at radius 2 is 1.75 bits per heavy atom. The van der Waals surface area contributed by atoms with Crippen molar-refractivity contribution in [2.24, 2.45) is 0 Å². The Morgan fingerprint density at radius 1 is 1.00 bits per heavy atom. The highest BCUT2D eigenvalue weighted by Gasteiger charge is 2.26. The molecule has 2 aromatic carbocycles. The Labute approximate surface area is 115 Å². The van der Waals surface area contributed by atoms with Crippen LogP contribution in [-0.4, -0.2) is 11.8 Å². The second-order valence-electron chi connectivity index (χ2n) is 4.76. The molecule has 0 fully saturated rings. The van der Waals surface area contributed by atoms with Crippen molar-refractivity contribution in [3.05, 3.63) is 53.1 Å². The average Bonchev–Trinajstić information content (AvgIpc) is 2.69. The Balaban J connectivity index is 1.97. The van der Waals surface area contributed by atoms with Crippen LogP contribution in [-0.2, 0) is 0 Å². The van der Waals surface area contributed by atoms with Crippen LogP contribution in [0.15, 0.2) is 36.4 Å². The van der Waals surface area contributed by atoms with Gasteiger partial charge in [-0.1, -0.05) is 6.07 Å². The number of anilines is 3. The van der Waals surface area contributed by atoms with Gasteiger partial charge in [0.1, 0.15) is 0 Å². The normalized spacial score (nSPS) is 13.1. The molecule has 20 heavy (non-hydrogen) atoms. The van der Waals surface area contributed by atoms with Gasteiger partial charge in [-0.2, -0.15) is 0 Å². The number of rotatable bonds is 2. The number of fused-ring (bicyclic) bond motifs is 1. The number of hydrogen-bond donors (Lipinski definition) is 3. The van der Waals surface area contributed by atoms with Crippen LogP contribution in [0.1, 0.15) is 26.3 Å². The topological polar surface area (TPSA) is 84.2 Å². The minimum absolute atomic E-state index is 0.355. The van der Waals surface area contributed by atoms with Gasteiger partial charge in [-0.25, -0.2) is 0 Å². The number of amides is 2. The number of nitrogens with two attached hydrogens (primary N) is 1. The number of carbonyl (C=O) groups is 2. The number of carbonyl (C=O) groups excluding carboxylic acids is 2. The third-order valence-electron chi connectivity index (χ3n) is 3.22. The number of imide groups is 1. The van der Waals surface area contributed by atoms with Crippen LogP contribution in [0.5, 0.6) is 0 Å². The van der Waals surface area contributed by atoms with E-state index in [9.17, 15) is 9.59 Å². The zero-order valence-corrected chi connectivity index (χ0v) is 10.9. The molecule has 2 amide bonds. The first-order valence-electron chi connectivity index (χ1n) is 6.17. The van der Waals surface area contributed by atoms with Crippen molar-refractivity contribution in [3.8, 4) is 0 Å². The van der Waals surface area contributed by atoms with Gasteiger partial charge in [0.2, 0.25) is 0 Å². The molecule has 0 atom stereocenters. The van der Waals surface area contributed by atoms with Crippen LogP contribution >= 0.6 is 0 Å². The molecule has 5 nitrogen and oxygen atoms in total. The van der Waals surface area contributed by atoms with E-state index in [1.165, 1.54) is 0 Å². The predicted molar refractivity (Wildman–Crippen MR) is 77.1 cm³/mol. The van der Waals surface area contributed by atoms with E-state index in [2.05, 4.69) is 10.6 Å². The van der Waals surface area contributed by atoms with Gasteiger partial charge in [-0.3, -0.25) is 14.9 Å². The largest absolute Gasteiger partial charge is 0.397 e. The summed E-state index contributed by atoms with van der Waals surface area (Å²) in [6.45, 7) is 1.97. The van der Waals surface area contributed by atoms with E-state index in [0.717, 1.165) is 11.3 Å². The molecule has 1 aliphatic heterocycles. The smallest absolute Gasteiger partial charge is 0.259 e. The van der Waals surface area contributed by atoms with Crippen LogP contribution in [0.3, 0.4) is 0 Å². The minimum atomic E-state index is -0.370. The van der Waals surface area contributed by atoms with E-state index >= 15 is 0 Å². The Bertz CT molecular complexity index is 738. The van der Waals surface area contributed by atoms with E-state index in [1.54, 1.807) is 18.2 Å². The zero-order chi connectivity index (χ0) is 14.3. The Hall–Kier alpha value is -2.82. The lowest BCUT2D eigenvalue weighted by Gasteiger charge is -2.10. The van der Waals surface area contributed by atoms with Crippen molar-refractivity contribution < 1.29 is 9.59 Å². The molecule has 1 heterocycles. The molecule has 0 unspecified atom stereocenters. The van der Waals surface area contributed by atoms with Gasteiger partial charge in [0, 0.05) is 5.69 Å². The maximum Gasteiger partial charge on any atom is 0.259 e. The summed E-state index contributed by atoms with van der Waals surface area (Å²) in [4.78, 5) is 23.1. The highest BCUT2D eigenvalue weighted by molar-refractivity contribution is 6.21. The SMILES string of the molecule is Cc1ccc(N)c(Nc2ccc3c(c2)C(=O)NC3=O)c1. The lowest BCUT2D eigenvalue weighted by Crippen LogP contribution is -2.19. The lowest BCUT2D eigenvalue weighted by molar-refractivity contribution is 0.0879. The zero-order valence-electron chi connectivity index (χ0n) is 10.9. The molecule has 4 N–H and O–H groups in total. The van der Waals surface area contributed by atoms with Gasteiger partial charge in [-0.05, 0) is 42.8 Å². The summed E-state index contributed by atoms with van der Waals surface area (Å²) < 4.78 is 0. The monoisotopic (exact) mass is 267 g/mol. The minimum Gasteiger partial charge on any atom is -0.397 e. The predicted octanol–water partition coefficient (Wildman–Crippen LogP) is 2.20. The lowest BCUT2D eigenvalue weighted by atomic mass is 10.1. The molecule has 1 aliphatic rings. The van der Waals surface area contributed by atoms with Crippen molar-refractivity contribution in [2.75, 3.05) is 11.1 Å². The van der Waals surface area contributed by atoms with Crippen molar-refractivity contribution in [3.63, 3.8) is 0 Å². The summed E-state index contributed by atoms with van der Waals surface area (Å²) in [6, 6.07) is 10.7. The summed E-state index contributed by atoms with van der Waals surface area (Å²) in [7, 11) is 0. The summed E-state index contributed by atoms with van der Waals surface area (Å²) in [6.07, 6.45) is 0. The molecule has 0 spiro atoms. The molecule has 0 saturated carbocycles. The van der Waals surface area contributed by atoms with Crippen LogP contribution in [0.2, 0.25) is 0 Å². The van der Waals surface area contributed by atoms with Crippen molar-refractivity contribution >= 4 is 28.9 Å². The first-order chi connectivity index (χ1) is 9.54. The van der Waals surface area contributed by atoms with E-state index in [-0.39, 0.29) is 11.8 Å². The number of nitrogen functional groups attached to an aromatic ring is 1. The van der Waals surface area contributed by atoms with E-state index in [0.29, 0.717) is 22.5 Å². The standard InChI is InChI=1S/C15H13N3O2/c1-8-2-5-12(16)13(6-8)17-9-3-4-10-11(7-9)15(20)18-14(10)19/h2-7,17H,16H2,1H3,(H,18,19,20). The van der Waals surface area contributed by atoms with Crippen LogP contribution in [0.25, 0.3) is 0 Å². The van der Waals surface area contributed by atoms with Gasteiger partial charge in [-0.15, -0.1) is 0 Å². The fourth-order valence-corrected chi connectivity index (χ4v) is 2.18. The quantitative estimate of drug-likeness (QED) is 0.575. The maximum atomic E-state index is 11.6. The third kappa shape index (κ3) is 1.99. The molecule has 0 aliphatic carbocycles. The van der Waals surface area contributed by atoms with Crippen molar-refractivity contribution in [1.82, 2.24) is 5.32 Å². The van der Waals surface area contributed by atoms with Gasteiger partial charge < -0.3 is 11.1 Å². The number of hydrogen-bond acceptors (Lipinski definition) is 4.